The molecule has 0 saturated carbocycles. The fraction of sp³-hybridized carbons (Fsp3) is 0.290. The summed E-state index contributed by atoms with van der Waals surface area (Å²) in [5.74, 6) is 2.26. The van der Waals surface area contributed by atoms with Crippen molar-refractivity contribution in [2.75, 3.05) is 13.1 Å². The number of carbonyl (C=O) groups excluding carboxylic acids is 1. The number of piperidine rings is 1. The van der Waals surface area contributed by atoms with Gasteiger partial charge >= 0.3 is 0 Å². The third-order valence-electron chi connectivity index (χ3n) is 7.55. The highest BCUT2D eigenvalue weighted by Gasteiger charge is 2.24. The molecule has 5 aromatic rings. The third kappa shape index (κ3) is 5.41. The van der Waals surface area contributed by atoms with Crippen LogP contribution in [0, 0.1) is 5.92 Å². The first kappa shape index (κ1) is 24.9. The zero-order valence-electron chi connectivity index (χ0n) is 21.8. The molecule has 1 saturated heterocycles. The number of hydrogen-bond donors (Lipinski definition) is 0. The Bertz CT molecular complexity index is 1650. The number of fused-ring (bicyclic) bond motifs is 2. The van der Waals surface area contributed by atoms with Crippen LogP contribution in [0.3, 0.4) is 0 Å². The monoisotopic (exact) mass is 521 g/mol. The first-order chi connectivity index (χ1) is 19.2. The molecule has 198 valence electrons. The largest absolute Gasteiger partial charge is 0.486 e. The van der Waals surface area contributed by atoms with Gasteiger partial charge in [0, 0.05) is 32.6 Å². The molecule has 0 N–H and O–H groups in total. The maximum absolute atomic E-state index is 13.0. The number of imidazole rings is 1. The van der Waals surface area contributed by atoms with Crippen molar-refractivity contribution in [2.45, 2.75) is 39.0 Å². The van der Waals surface area contributed by atoms with Gasteiger partial charge in [-0.15, -0.1) is 0 Å². The number of hydrogen-bond acceptors (Lipinski definition) is 5. The van der Waals surface area contributed by atoms with Crippen LogP contribution in [-0.4, -0.2) is 43.0 Å². The molecule has 39 heavy (non-hydrogen) atoms. The van der Waals surface area contributed by atoms with E-state index in [1.807, 2.05) is 71.6 Å². The number of likely N-dealkylation sites (tertiary alicyclic amines) is 1. The Morgan fingerprint density at radius 3 is 2.44 bits per heavy atom. The quantitative estimate of drug-likeness (QED) is 0.297. The van der Waals surface area contributed by atoms with Gasteiger partial charge in [-0.2, -0.15) is 0 Å². The number of carbonyl (C=O) groups is 1. The van der Waals surface area contributed by atoms with E-state index in [1.165, 1.54) is 4.57 Å². The number of rotatable bonds is 8. The molecule has 3 aromatic carbocycles. The Kier molecular flexibility index (Phi) is 7.08. The van der Waals surface area contributed by atoms with Crippen LogP contribution >= 0.6 is 0 Å². The molecule has 0 aliphatic carbocycles. The molecular formula is C31H31N5O3. The molecule has 6 rings (SSSR count). The van der Waals surface area contributed by atoms with Crippen LogP contribution in [0.2, 0.25) is 0 Å². The predicted molar refractivity (Wildman–Crippen MR) is 150 cm³/mol. The maximum atomic E-state index is 13.0. The van der Waals surface area contributed by atoms with Crippen LogP contribution in [0.5, 0.6) is 5.75 Å². The van der Waals surface area contributed by atoms with Crippen LogP contribution in [-0.2, 0) is 24.5 Å². The van der Waals surface area contributed by atoms with Gasteiger partial charge in [0.2, 0.25) is 5.91 Å². The minimum atomic E-state index is -0.105. The van der Waals surface area contributed by atoms with E-state index >= 15 is 0 Å². The maximum Gasteiger partial charge on any atom is 0.261 e. The summed E-state index contributed by atoms with van der Waals surface area (Å²) < 4.78 is 9.85. The average Bonchev–Trinajstić information content (AvgIpc) is 3.33. The number of amides is 1. The molecular weight excluding hydrogens is 490 g/mol. The van der Waals surface area contributed by atoms with Crippen molar-refractivity contribution in [3.63, 3.8) is 0 Å². The fourth-order valence-corrected chi connectivity index (χ4v) is 5.37. The van der Waals surface area contributed by atoms with E-state index in [9.17, 15) is 9.59 Å². The van der Waals surface area contributed by atoms with Gasteiger partial charge in [-0.05, 0) is 55.2 Å². The van der Waals surface area contributed by atoms with Gasteiger partial charge in [0.15, 0.2) is 0 Å². The SMILES string of the molecule is O=C(CCn1cnc2ccccc2c1=O)N1CCC(Cn2c(COc3ccccc3)nc3ccccc32)CC1. The minimum Gasteiger partial charge on any atom is -0.486 e. The van der Waals surface area contributed by atoms with Crippen molar-refractivity contribution < 1.29 is 9.53 Å². The average molecular weight is 522 g/mol. The molecule has 1 aliphatic heterocycles. The molecule has 0 atom stereocenters. The molecule has 0 spiro atoms. The summed E-state index contributed by atoms with van der Waals surface area (Å²) in [5.41, 5.74) is 2.65. The van der Waals surface area contributed by atoms with Crippen molar-refractivity contribution in [1.82, 2.24) is 24.0 Å². The Morgan fingerprint density at radius 1 is 0.897 bits per heavy atom. The smallest absolute Gasteiger partial charge is 0.261 e. The molecule has 1 fully saturated rings. The molecule has 0 bridgehead atoms. The van der Waals surface area contributed by atoms with E-state index < -0.39 is 0 Å². The zero-order valence-corrected chi connectivity index (χ0v) is 21.8. The number of nitrogens with zero attached hydrogens (tertiary/aromatic N) is 5. The van der Waals surface area contributed by atoms with Crippen LogP contribution in [0.15, 0.2) is 90.0 Å². The van der Waals surface area contributed by atoms with Gasteiger partial charge in [-0.1, -0.05) is 42.5 Å². The third-order valence-corrected chi connectivity index (χ3v) is 7.55. The lowest BCUT2D eigenvalue weighted by Crippen LogP contribution is -2.40. The van der Waals surface area contributed by atoms with Crippen LogP contribution in [0.1, 0.15) is 25.1 Å². The Labute approximate surface area is 226 Å². The number of para-hydroxylation sites is 4. The molecule has 8 heteroatoms. The van der Waals surface area contributed by atoms with Gasteiger partial charge in [-0.3, -0.25) is 14.2 Å². The van der Waals surface area contributed by atoms with Crippen molar-refractivity contribution in [1.29, 1.82) is 0 Å². The molecule has 1 aliphatic rings. The normalized spacial score (nSPS) is 14.2. The van der Waals surface area contributed by atoms with Crippen molar-refractivity contribution >= 4 is 27.8 Å². The summed E-state index contributed by atoms with van der Waals surface area (Å²) in [6, 6.07) is 25.3. The number of aryl methyl sites for hydroxylation is 1. The lowest BCUT2D eigenvalue weighted by atomic mass is 9.96. The molecule has 1 amide bonds. The van der Waals surface area contributed by atoms with Crippen LogP contribution in [0.25, 0.3) is 21.9 Å². The lowest BCUT2D eigenvalue weighted by molar-refractivity contribution is -0.132. The van der Waals surface area contributed by atoms with E-state index in [-0.39, 0.29) is 17.9 Å². The Morgan fingerprint density at radius 2 is 1.62 bits per heavy atom. The van der Waals surface area contributed by atoms with E-state index in [1.54, 1.807) is 12.4 Å². The van der Waals surface area contributed by atoms with E-state index in [0.717, 1.165) is 55.1 Å². The predicted octanol–water partition coefficient (Wildman–Crippen LogP) is 4.65. The van der Waals surface area contributed by atoms with Gasteiger partial charge in [-0.25, -0.2) is 9.97 Å². The second kappa shape index (κ2) is 11.1. The summed E-state index contributed by atoms with van der Waals surface area (Å²) in [6.07, 6.45) is 3.68. The summed E-state index contributed by atoms with van der Waals surface area (Å²) in [6.45, 7) is 3.02. The highest BCUT2D eigenvalue weighted by Crippen LogP contribution is 2.25. The summed E-state index contributed by atoms with van der Waals surface area (Å²) in [7, 11) is 0. The number of aromatic nitrogens is 4. The second-order valence-corrected chi connectivity index (χ2v) is 10.1. The molecule has 2 aromatic heterocycles. The van der Waals surface area contributed by atoms with E-state index in [4.69, 9.17) is 9.72 Å². The zero-order chi connectivity index (χ0) is 26.6. The molecule has 3 heterocycles. The topological polar surface area (TPSA) is 82.2 Å². The van der Waals surface area contributed by atoms with Crippen LogP contribution < -0.4 is 10.3 Å². The first-order valence-corrected chi connectivity index (χ1v) is 13.5. The standard InChI is InChI=1S/C31H31N5O3/c37-30(16-19-35-22-32-26-11-5-4-10-25(26)31(35)38)34-17-14-23(15-18-34)20-36-28-13-7-6-12-27(28)33-29(36)21-39-24-8-2-1-3-9-24/h1-13,22-23H,14-21H2. The molecule has 8 nitrogen and oxygen atoms in total. The summed E-state index contributed by atoms with van der Waals surface area (Å²) in [5, 5.41) is 0.578. The van der Waals surface area contributed by atoms with E-state index in [0.29, 0.717) is 30.0 Å². The highest BCUT2D eigenvalue weighted by atomic mass is 16.5. The lowest BCUT2D eigenvalue weighted by Gasteiger charge is -2.32. The van der Waals surface area contributed by atoms with Crippen molar-refractivity contribution in [3.8, 4) is 5.75 Å². The summed E-state index contributed by atoms with van der Waals surface area (Å²) in [4.78, 5) is 36.9. The fourth-order valence-electron chi connectivity index (χ4n) is 5.37. The van der Waals surface area contributed by atoms with Gasteiger partial charge in [0.25, 0.3) is 5.56 Å². The van der Waals surface area contributed by atoms with Gasteiger partial charge < -0.3 is 14.2 Å². The first-order valence-electron chi connectivity index (χ1n) is 13.5. The number of benzene rings is 3. The van der Waals surface area contributed by atoms with Crippen molar-refractivity contribution in [3.05, 3.63) is 101 Å². The van der Waals surface area contributed by atoms with Gasteiger partial charge in [0.1, 0.15) is 18.2 Å². The summed E-state index contributed by atoms with van der Waals surface area (Å²) >= 11 is 0. The van der Waals surface area contributed by atoms with Crippen LogP contribution in [0.4, 0.5) is 0 Å². The highest BCUT2D eigenvalue weighted by molar-refractivity contribution is 5.78. The Hall–Kier alpha value is -4.46. The molecule has 0 unspecified atom stereocenters. The molecule has 0 radical (unpaired) electrons. The van der Waals surface area contributed by atoms with E-state index in [2.05, 4.69) is 15.6 Å². The second-order valence-electron chi connectivity index (χ2n) is 10.1. The minimum absolute atomic E-state index is 0.0820. The Balaban J connectivity index is 1.07. The van der Waals surface area contributed by atoms with Gasteiger partial charge in [0.05, 0.1) is 28.3 Å². The van der Waals surface area contributed by atoms with Crippen molar-refractivity contribution in [2.24, 2.45) is 5.92 Å². The number of ether oxygens (including phenoxy) is 1.